The molecule has 7 heteroatoms. The van der Waals surface area contributed by atoms with Crippen LogP contribution in [0.1, 0.15) is 6.92 Å². The molecule has 18 heavy (non-hydrogen) atoms. The molecule has 0 bridgehead atoms. The highest BCUT2D eigenvalue weighted by molar-refractivity contribution is 9.10. The second-order valence-corrected chi connectivity index (χ2v) is 4.41. The Morgan fingerprint density at radius 1 is 1.61 bits per heavy atom. The SMILES string of the molecule is CCNCC(O)COc1cccc([N+](=O)[O-])c1Br. The van der Waals surface area contributed by atoms with E-state index in [4.69, 9.17) is 4.74 Å². The Bertz CT molecular complexity index is 414. The zero-order valence-electron chi connectivity index (χ0n) is 9.93. The molecule has 1 atom stereocenters. The van der Waals surface area contributed by atoms with Gasteiger partial charge in [0, 0.05) is 12.6 Å². The van der Waals surface area contributed by atoms with Crippen molar-refractivity contribution < 1.29 is 14.8 Å². The van der Waals surface area contributed by atoms with Gasteiger partial charge in [0.25, 0.3) is 5.69 Å². The minimum Gasteiger partial charge on any atom is -0.489 e. The fourth-order valence-corrected chi connectivity index (χ4v) is 1.83. The summed E-state index contributed by atoms with van der Waals surface area (Å²) in [6, 6.07) is 4.53. The van der Waals surface area contributed by atoms with E-state index in [2.05, 4.69) is 21.2 Å². The topological polar surface area (TPSA) is 84.6 Å². The molecule has 0 aliphatic rings. The molecule has 1 rings (SSSR count). The van der Waals surface area contributed by atoms with Gasteiger partial charge in [-0.25, -0.2) is 0 Å². The van der Waals surface area contributed by atoms with Gasteiger partial charge in [-0.2, -0.15) is 0 Å². The molecule has 6 nitrogen and oxygen atoms in total. The van der Waals surface area contributed by atoms with E-state index in [1.54, 1.807) is 6.07 Å². The normalized spacial score (nSPS) is 12.2. The second-order valence-electron chi connectivity index (χ2n) is 3.62. The third-order valence-corrected chi connectivity index (χ3v) is 3.00. The monoisotopic (exact) mass is 318 g/mol. The van der Waals surface area contributed by atoms with Crippen molar-refractivity contribution in [1.82, 2.24) is 5.32 Å². The zero-order chi connectivity index (χ0) is 13.5. The van der Waals surface area contributed by atoms with Crippen molar-refractivity contribution in [2.24, 2.45) is 0 Å². The second kappa shape index (κ2) is 7.30. The maximum atomic E-state index is 10.7. The summed E-state index contributed by atoms with van der Waals surface area (Å²) in [6.45, 7) is 3.19. The summed E-state index contributed by atoms with van der Waals surface area (Å²) in [7, 11) is 0. The molecule has 0 aliphatic heterocycles. The van der Waals surface area contributed by atoms with Crippen molar-refractivity contribution in [3.63, 3.8) is 0 Å². The number of nitrogens with zero attached hydrogens (tertiary/aromatic N) is 1. The Balaban J connectivity index is 2.62. The van der Waals surface area contributed by atoms with Crippen LogP contribution < -0.4 is 10.1 Å². The van der Waals surface area contributed by atoms with E-state index < -0.39 is 11.0 Å². The number of nitro groups is 1. The molecule has 0 radical (unpaired) electrons. The highest BCUT2D eigenvalue weighted by Crippen LogP contribution is 2.33. The quantitative estimate of drug-likeness (QED) is 0.590. The zero-order valence-corrected chi connectivity index (χ0v) is 11.5. The molecule has 1 unspecified atom stereocenters. The van der Waals surface area contributed by atoms with Gasteiger partial charge in [-0.15, -0.1) is 0 Å². The largest absolute Gasteiger partial charge is 0.489 e. The number of nitrogens with one attached hydrogen (secondary N) is 1. The van der Waals surface area contributed by atoms with Gasteiger partial charge in [0.05, 0.1) is 4.92 Å². The number of hydrogen-bond acceptors (Lipinski definition) is 5. The van der Waals surface area contributed by atoms with Crippen LogP contribution in [0.3, 0.4) is 0 Å². The first-order chi connectivity index (χ1) is 8.56. The molecule has 0 amide bonds. The van der Waals surface area contributed by atoms with E-state index in [1.165, 1.54) is 12.1 Å². The number of aliphatic hydroxyl groups is 1. The van der Waals surface area contributed by atoms with Crippen molar-refractivity contribution in [3.05, 3.63) is 32.8 Å². The fraction of sp³-hybridized carbons (Fsp3) is 0.455. The number of aliphatic hydroxyl groups excluding tert-OH is 1. The molecule has 0 aliphatic carbocycles. The summed E-state index contributed by atoms with van der Waals surface area (Å²) in [5.41, 5.74) is -0.0614. The van der Waals surface area contributed by atoms with Crippen LogP contribution in [0.15, 0.2) is 22.7 Å². The lowest BCUT2D eigenvalue weighted by Gasteiger charge is -2.13. The van der Waals surface area contributed by atoms with Crippen LogP contribution in [0.25, 0.3) is 0 Å². The van der Waals surface area contributed by atoms with Gasteiger partial charge in [-0.3, -0.25) is 10.1 Å². The number of rotatable bonds is 7. The summed E-state index contributed by atoms with van der Waals surface area (Å²) in [6.07, 6.45) is -0.656. The van der Waals surface area contributed by atoms with Crippen LogP contribution in [-0.4, -0.2) is 35.8 Å². The minimum absolute atomic E-state index is 0.0614. The summed E-state index contributed by atoms with van der Waals surface area (Å²) in [5, 5.41) is 23.3. The van der Waals surface area contributed by atoms with Crippen molar-refractivity contribution in [1.29, 1.82) is 0 Å². The Hall–Kier alpha value is -1.18. The summed E-state index contributed by atoms with van der Waals surface area (Å²) in [5.74, 6) is 0.347. The smallest absolute Gasteiger partial charge is 0.287 e. The van der Waals surface area contributed by atoms with Gasteiger partial charge in [0.15, 0.2) is 0 Å². The number of likely N-dealkylation sites (N-methyl/N-ethyl adjacent to an activating group) is 1. The molecular weight excluding hydrogens is 304 g/mol. The van der Waals surface area contributed by atoms with Crippen LogP contribution in [-0.2, 0) is 0 Å². The van der Waals surface area contributed by atoms with Crippen molar-refractivity contribution in [3.8, 4) is 5.75 Å². The number of ether oxygens (including phenoxy) is 1. The Morgan fingerprint density at radius 3 is 2.94 bits per heavy atom. The van der Waals surface area contributed by atoms with Crippen molar-refractivity contribution in [2.75, 3.05) is 19.7 Å². The lowest BCUT2D eigenvalue weighted by molar-refractivity contribution is -0.385. The highest BCUT2D eigenvalue weighted by atomic mass is 79.9. The molecule has 2 N–H and O–H groups in total. The predicted octanol–water partition coefficient (Wildman–Crippen LogP) is 1.71. The molecule has 100 valence electrons. The maximum absolute atomic E-state index is 10.7. The van der Waals surface area contributed by atoms with Gasteiger partial charge in [0.1, 0.15) is 22.9 Å². The average Bonchev–Trinajstić information content (AvgIpc) is 2.34. The van der Waals surface area contributed by atoms with Gasteiger partial charge in [0.2, 0.25) is 0 Å². The minimum atomic E-state index is -0.656. The van der Waals surface area contributed by atoms with Gasteiger partial charge in [-0.1, -0.05) is 13.0 Å². The molecule has 0 aromatic heterocycles. The highest BCUT2D eigenvalue weighted by Gasteiger charge is 2.16. The van der Waals surface area contributed by atoms with Gasteiger partial charge < -0.3 is 15.2 Å². The number of nitro benzene ring substituents is 1. The van der Waals surface area contributed by atoms with Crippen LogP contribution in [0, 0.1) is 10.1 Å². The van der Waals surface area contributed by atoms with Crippen molar-refractivity contribution in [2.45, 2.75) is 13.0 Å². The first-order valence-electron chi connectivity index (χ1n) is 5.50. The Labute approximate surface area is 113 Å². The van der Waals surface area contributed by atoms with Crippen LogP contribution in [0.4, 0.5) is 5.69 Å². The van der Waals surface area contributed by atoms with Crippen LogP contribution >= 0.6 is 15.9 Å². The van der Waals surface area contributed by atoms with E-state index in [0.717, 1.165) is 6.54 Å². The maximum Gasteiger partial charge on any atom is 0.287 e. The number of benzene rings is 1. The average molecular weight is 319 g/mol. The molecule has 0 heterocycles. The molecule has 0 spiro atoms. The summed E-state index contributed by atoms with van der Waals surface area (Å²) >= 11 is 3.12. The van der Waals surface area contributed by atoms with Gasteiger partial charge in [-0.05, 0) is 28.5 Å². The lowest BCUT2D eigenvalue weighted by Crippen LogP contribution is -2.31. The standard InChI is InChI=1S/C11H15BrN2O4/c1-2-13-6-8(15)7-18-10-5-3-4-9(11(10)12)14(16)17/h3-5,8,13,15H,2,6-7H2,1H3. The third-order valence-electron chi connectivity index (χ3n) is 2.20. The molecule has 0 fully saturated rings. The van der Waals surface area contributed by atoms with Crippen molar-refractivity contribution >= 4 is 21.6 Å². The Morgan fingerprint density at radius 2 is 2.33 bits per heavy atom. The van der Waals surface area contributed by atoms with E-state index in [9.17, 15) is 15.2 Å². The summed E-state index contributed by atoms with van der Waals surface area (Å²) in [4.78, 5) is 10.2. The lowest BCUT2D eigenvalue weighted by atomic mass is 10.3. The summed E-state index contributed by atoms with van der Waals surface area (Å²) < 4.78 is 5.63. The fourth-order valence-electron chi connectivity index (χ4n) is 1.31. The number of halogens is 1. The first-order valence-corrected chi connectivity index (χ1v) is 6.30. The Kier molecular flexibility index (Phi) is 6.03. The molecule has 0 saturated heterocycles. The van der Waals surface area contributed by atoms with Crippen LogP contribution in [0.2, 0.25) is 0 Å². The number of hydrogen-bond donors (Lipinski definition) is 2. The molecule has 1 aromatic carbocycles. The van der Waals surface area contributed by atoms with Crippen LogP contribution in [0.5, 0.6) is 5.75 Å². The van der Waals surface area contributed by atoms with E-state index in [1.807, 2.05) is 6.92 Å². The van der Waals surface area contributed by atoms with E-state index in [-0.39, 0.29) is 16.8 Å². The first kappa shape index (κ1) is 14.9. The predicted molar refractivity (Wildman–Crippen MR) is 70.8 cm³/mol. The molecule has 0 saturated carbocycles. The van der Waals surface area contributed by atoms with E-state index in [0.29, 0.717) is 12.3 Å². The van der Waals surface area contributed by atoms with E-state index >= 15 is 0 Å². The third kappa shape index (κ3) is 4.25. The van der Waals surface area contributed by atoms with Gasteiger partial charge >= 0.3 is 0 Å². The molecular formula is C11H15BrN2O4. The molecule has 1 aromatic rings.